The number of carbonyl (C=O) groups excluding carboxylic acids is 1. The van der Waals surface area contributed by atoms with Crippen LogP contribution in [-0.2, 0) is 14.3 Å². The molecule has 3 rings (SSSR count). The second-order valence-corrected chi connectivity index (χ2v) is 8.00. The number of rotatable bonds is 8. The zero-order valence-electron chi connectivity index (χ0n) is 16.7. The molecule has 0 radical (unpaired) electrons. The van der Waals surface area contributed by atoms with Gasteiger partial charge in [0.1, 0.15) is 17.9 Å². The fourth-order valence-corrected chi connectivity index (χ4v) is 3.97. The molecule has 0 spiro atoms. The van der Waals surface area contributed by atoms with Crippen LogP contribution in [0.4, 0.5) is 0 Å². The minimum Gasteiger partial charge on any atom is -0.491 e. The van der Waals surface area contributed by atoms with Crippen molar-refractivity contribution < 1.29 is 28.9 Å². The molecule has 2 aliphatic rings. The maximum Gasteiger partial charge on any atom is 0.330 e. The molecule has 1 aromatic carbocycles. The molecule has 1 aliphatic heterocycles. The van der Waals surface area contributed by atoms with E-state index < -0.39 is 22.8 Å². The summed E-state index contributed by atoms with van der Waals surface area (Å²) in [5.41, 5.74) is -1.67. The highest BCUT2D eigenvalue weighted by atomic mass is 16.5. The Morgan fingerprint density at radius 2 is 2.00 bits per heavy atom. The fourth-order valence-electron chi connectivity index (χ4n) is 3.97. The predicted octanol–water partition coefficient (Wildman–Crippen LogP) is 2.63. The van der Waals surface area contributed by atoms with Crippen LogP contribution in [0.3, 0.4) is 0 Å². The highest BCUT2D eigenvalue weighted by Crippen LogP contribution is 2.51. The van der Waals surface area contributed by atoms with Gasteiger partial charge in [0.25, 0.3) is 5.91 Å². The Hall–Kier alpha value is -2.12. The third kappa shape index (κ3) is 3.73. The minimum atomic E-state index is -1.35. The highest BCUT2D eigenvalue weighted by Gasteiger charge is 2.66. The molecule has 1 saturated heterocycles. The largest absolute Gasteiger partial charge is 0.491 e. The van der Waals surface area contributed by atoms with Gasteiger partial charge in [-0.3, -0.25) is 4.79 Å². The van der Waals surface area contributed by atoms with Gasteiger partial charge >= 0.3 is 5.97 Å². The van der Waals surface area contributed by atoms with Crippen LogP contribution in [0, 0.1) is 5.41 Å². The van der Waals surface area contributed by atoms with Crippen LogP contribution in [0.2, 0.25) is 0 Å². The van der Waals surface area contributed by atoms with E-state index in [0.717, 1.165) is 19.4 Å². The van der Waals surface area contributed by atoms with E-state index in [2.05, 4.69) is 5.32 Å². The maximum atomic E-state index is 12.7. The number of nitrogens with one attached hydrogen (secondary N) is 1. The van der Waals surface area contributed by atoms with Crippen molar-refractivity contribution in [2.45, 2.75) is 57.8 Å². The lowest BCUT2D eigenvalue weighted by Crippen LogP contribution is -2.76. The van der Waals surface area contributed by atoms with Gasteiger partial charge in [0.2, 0.25) is 0 Å². The molecule has 1 saturated carbocycles. The molecule has 2 fully saturated rings. The Morgan fingerprint density at radius 1 is 1.29 bits per heavy atom. The molecule has 1 amide bonds. The van der Waals surface area contributed by atoms with Crippen molar-refractivity contribution in [3.05, 3.63) is 29.8 Å². The molecule has 3 atom stereocenters. The van der Waals surface area contributed by atoms with Crippen molar-refractivity contribution in [3.63, 3.8) is 0 Å². The van der Waals surface area contributed by atoms with Crippen molar-refractivity contribution in [1.82, 2.24) is 5.32 Å². The highest BCUT2D eigenvalue weighted by molar-refractivity contribution is 5.98. The van der Waals surface area contributed by atoms with E-state index in [-0.39, 0.29) is 18.6 Å². The topological polar surface area (TPSA) is 94.1 Å². The summed E-state index contributed by atoms with van der Waals surface area (Å²) in [6.07, 6.45) is 2.22. The first-order valence-electron chi connectivity index (χ1n) is 9.82. The Balaban J connectivity index is 1.63. The molecule has 0 aromatic heterocycles. The standard InChI is InChI=1S/C21H29NO6/c1-4-26-17-12-21(19(24)25,20(17,2)3)22-18(23)14-7-9-15(10-8-14)28-13-16-6-5-11-27-16/h7-10,16-17H,4-6,11-13H2,1-3H3,(H,22,23)(H,24,25). The van der Waals surface area contributed by atoms with E-state index in [4.69, 9.17) is 14.2 Å². The van der Waals surface area contributed by atoms with Gasteiger partial charge in [-0.05, 0) is 44.0 Å². The van der Waals surface area contributed by atoms with E-state index in [9.17, 15) is 14.7 Å². The van der Waals surface area contributed by atoms with E-state index in [1.54, 1.807) is 24.3 Å². The van der Waals surface area contributed by atoms with Gasteiger partial charge < -0.3 is 24.6 Å². The first-order chi connectivity index (χ1) is 13.3. The third-order valence-corrected chi connectivity index (χ3v) is 6.03. The quantitative estimate of drug-likeness (QED) is 0.708. The number of carboxylic acid groups (broad SMARTS) is 1. The van der Waals surface area contributed by atoms with Gasteiger partial charge in [0.05, 0.1) is 12.2 Å². The van der Waals surface area contributed by atoms with Gasteiger partial charge in [0, 0.05) is 30.6 Å². The molecule has 1 aromatic rings. The molecule has 28 heavy (non-hydrogen) atoms. The molecule has 154 valence electrons. The Morgan fingerprint density at radius 3 is 2.54 bits per heavy atom. The van der Waals surface area contributed by atoms with E-state index in [1.165, 1.54) is 0 Å². The lowest BCUT2D eigenvalue weighted by atomic mass is 9.54. The van der Waals surface area contributed by atoms with E-state index in [0.29, 0.717) is 24.5 Å². The normalized spacial score (nSPS) is 28.4. The summed E-state index contributed by atoms with van der Waals surface area (Å²) in [5, 5.41) is 12.6. The summed E-state index contributed by atoms with van der Waals surface area (Å²) in [4.78, 5) is 24.7. The molecule has 7 heteroatoms. The fraction of sp³-hybridized carbons (Fsp3) is 0.619. The van der Waals surface area contributed by atoms with Gasteiger partial charge in [0.15, 0.2) is 0 Å². The summed E-state index contributed by atoms with van der Waals surface area (Å²) >= 11 is 0. The number of carbonyl (C=O) groups is 2. The Labute approximate surface area is 165 Å². The van der Waals surface area contributed by atoms with Crippen LogP contribution < -0.4 is 10.1 Å². The monoisotopic (exact) mass is 391 g/mol. The zero-order chi connectivity index (χ0) is 20.4. The maximum absolute atomic E-state index is 12.7. The van der Waals surface area contributed by atoms with Crippen molar-refractivity contribution in [3.8, 4) is 5.75 Å². The number of carboxylic acids is 1. The molecule has 2 N–H and O–H groups in total. The van der Waals surface area contributed by atoms with Crippen LogP contribution in [0.5, 0.6) is 5.75 Å². The number of ether oxygens (including phenoxy) is 3. The minimum absolute atomic E-state index is 0.123. The number of aliphatic carboxylic acids is 1. The van der Waals surface area contributed by atoms with Gasteiger partial charge in [-0.1, -0.05) is 13.8 Å². The lowest BCUT2D eigenvalue weighted by molar-refractivity contribution is -0.190. The first-order valence-corrected chi connectivity index (χ1v) is 9.82. The van der Waals surface area contributed by atoms with Crippen molar-refractivity contribution in [2.24, 2.45) is 5.41 Å². The summed E-state index contributed by atoms with van der Waals surface area (Å²) < 4.78 is 16.9. The zero-order valence-corrected chi connectivity index (χ0v) is 16.7. The van der Waals surface area contributed by atoms with Crippen LogP contribution in [0.25, 0.3) is 0 Å². The number of benzene rings is 1. The van der Waals surface area contributed by atoms with Crippen molar-refractivity contribution >= 4 is 11.9 Å². The Kier molecular flexibility index (Phi) is 5.95. The summed E-state index contributed by atoms with van der Waals surface area (Å²) in [7, 11) is 0. The van der Waals surface area contributed by atoms with Gasteiger partial charge in [-0.2, -0.15) is 0 Å². The average molecular weight is 391 g/mol. The number of hydrogen-bond donors (Lipinski definition) is 2. The Bertz CT molecular complexity index is 710. The second-order valence-electron chi connectivity index (χ2n) is 8.00. The van der Waals surface area contributed by atoms with E-state index >= 15 is 0 Å². The number of hydrogen-bond acceptors (Lipinski definition) is 5. The van der Waals surface area contributed by atoms with Crippen molar-refractivity contribution in [1.29, 1.82) is 0 Å². The SMILES string of the molecule is CCOC1CC(NC(=O)c2ccc(OCC3CCCO3)cc2)(C(=O)O)C1(C)C. The first kappa shape index (κ1) is 20.6. The number of amides is 1. The molecule has 1 heterocycles. The summed E-state index contributed by atoms with van der Waals surface area (Å²) in [5.74, 6) is -0.810. The molecule has 0 bridgehead atoms. The molecular weight excluding hydrogens is 362 g/mol. The summed E-state index contributed by atoms with van der Waals surface area (Å²) in [6.45, 7) is 7.27. The molecule has 1 aliphatic carbocycles. The smallest absolute Gasteiger partial charge is 0.330 e. The second kappa shape index (κ2) is 8.09. The average Bonchev–Trinajstić information content (AvgIpc) is 3.19. The van der Waals surface area contributed by atoms with Gasteiger partial charge in [-0.25, -0.2) is 4.79 Å². The van der Waals surface area contributed by atoms with E-state index in [1.807, 2.05) is 20.8 Å². The molecule has 7 nitrogen and oxygen atoms in total. The summed E-state index contributed by atoms with van der Waals surface area (Å²) in [6, 6.07) is 6.71. The van der Waals surface area contributed by atoms with Crippen LogP contribution >= 0.6 is 0 Å². The molecule has 3 unspecified atom stereocenters. The molecular formula is C21H29NO6. The predicted molar refractivity (Wildman–Crippen MR) is 103 cm³/mol. The third-order valence-electron chi connectivity index (χ3n) is 6.03. The lowest BCUT2D eigenvalue weighted by Gasteiger charge is -2.58. The van der Waals surface area contributed by atoms with Crippen LogP contribution in [0.15, 0.2) is 24.3 Å². The van der Waals surface area contributed by atoms with Crippen LogP contribution in [-0.4, -0.2) is 54.6 Å². The van der Waals surface area contributed by atoms with Crippen LogP contribution in [0.1, 0.15) is 50.4 Å². The van der Waals surface area contributed by atoms with Crippen molar-refractivity contribution in [2.75, 3.05) is 19.8 Å². The van der Waals surface area contributed by atoms with Gasteiger partial charge in [-0.15, -0.1) is 0 Å².